The standard InChI is InChI=1S/C19H17BrN2O3/c1-2-9-25-18-8-3-15(20)11-13(18)10-14(12-21)19(24)22-16-4-6-17(23)7-5-16/h3-8,10-11,23H,2,9H2,1H3,(H,22,24)/b14-10+. The third-order valence-electron chi connectivity index (χ3n) is 3.22. The zero-order chi connectivity index (χ0) is 18.2. The first kappa shape index (κ1) is 18.6. The number of nitriles is 1. The highest BCUT2D eigenvalue weighted by Crippen LogP contribution is 2.26. The Kier molecular flexibility index (Phi) is 6.61. The van der Waals surface area contributed by atoms with Crippen molar-refractivity contribution in [2.75, 3.05) is 11.9 Å². The molecule has 1 amide bonds. The molecule has 0 aromatic heterocycles. The zero-order valence-corrected chi connectivity index (χ0v) is 15.2. The van der Waals surface area contributed by atoms with Crippen LogP contribution in [0.1, 0.15) is 18.9 Å². The van der Waals surface area contributed by atoms with Crippen LogP contribution in [0.3, 0.4) is 0 Å². The Morgan fingerprint density at radius 1 is 1.32 bits per heavy atom. The lowest BCUT2D eigenvalue weighted by atomic mass is 10.1. The monoisotopic (exact) mass is 400 g/mol. The highest BCUT2D eigenvalue weighted by atomic mass is 79.9. The number of halogens is 1. The second-order valence-electron chi connectivity index (χ2n) is 5.20. The summed E-state index contributed by atoms with van der Waals surface area (Å²) in [5.74, 6) is 0.172. The van der Waals surface area contributed by atoms with Crippen molar-refractivity contribution in [3.8, 4) is 17.6 Å². The Hall–Kier alpha value is -2.78. The molecule has 25 heavy (non-hydrogen) atoms. The number of hydrogen-bond donors (Lipinski definition) is 2. The van der Waals surface area contributed by atoms with Gasteiger partial charge in [-0.2, -0.15) is 5.26 Å². The molecule has 0 saturated carbocycles. The molecule has 0 aliphatic carbocycles. The van der Waals surface area contributed by atoms with Gasteiger partial charge in [0.05, 0.1) is 6.61 Å². The highest BCUT2D eigenvalue weighted by Gasteiger charge is 2.12. The molecule has 2 aromatic carbocycles. The van der Waals surface area contributed by atoms with Crippen molar-refractivity contribution in [3.05, 3.63) is 58.1 Å². The second-order valence-corrected chi connectivity index (χ2v) is 6.12. The molecule has 2 rings (SSSR count). The number of rotatable bonds is 6. The van der Waals surface area contributed by atoms with E-state index < -0.39 is 5.91 Å². The van der Waals surface area contributed by atoms with E-state index in [0.717, 1.165) is 10.9 Å². The average molecular weight is 401 g/mol. The fourth-order valence-corrected chi connectivity index (χ4v) is 2.40. The molecular formula is C19H17BrN2O3. The molecule has 0 aliphatic rings. The van der Waals surface area contributed by atoms with E-state index in [1.165, 1.54) is 18.2 Å². The Bertz CT molecular complexity index is 824. The fraction of sp³-hybridized carbons (Fsp3) is 0.158. The van der Waals surface area contributed by atoms with E-state index in [-0.39, 0.29) is 11.3 Å². The maximum atomic E-state index is 12.3. The number of aromatic hydroxyl groups is 1. The van der Waals surface area contributed by atoms with Crippen molar-refractivity contribution in [1.29, 1.82) is 5.26 Å². The van der Waals surface area contributed by atoms with Crippen LogP contribution in [0.4, 0.5) is 5.69 Å². The summed E-state index contributed by atoms with van der Waals surface area (Å²) in [7, 11) is 0. The quantitative estimate of drug-likeness (QED) is 0.425. The van der Waals surface area contributed by atoms with Crippen molar-refractivity contribution < 1.29 is 14.6 Å². The van der Waals surface area contributed by atoms with Crippen LogP contribution in [0.2, 0.25) is 0 Å². The largest absolute Gasteiger partial charge is 0.508 e. The van der Waals surface area contributed by atoms with Crippen LogP contribution < -0.4 is 10.1 Å². The number of ether oxygens (including phenoxy) is 1. The third-order valence-corrected chi connectivity index (χ3v) is 3.72. The minimum Gasteiger partial charge on any atom is -0.508 e. The topological polar surface area (TPSA) is 82.3 Å². The molecule has 0 heterocycles. The summed E-state index contributed by atoms with van der Waals surface area (Å²) >= 11 is 3.38. The fourth-order valence-electron chi connectivity index (χ4n) is 2.02. The van der Waals surface area contributed by atoms with E-state index in [1.807, 2.05) is 19.1 Å². The van der Waals surface area contributed by atoms with E-state index in [0.29, 0.717) is 23.6 Å². The maximum absolute atomic E-state index is 12.3. The van der Waals surface area contributed by atoms with E-state index in [2.05, 4.69) is 21.2 Å². The smallest absolute Gasteiger partial charge is 0.266 e. The zero-order valence-electron chi connectivity index (χ0n) is 13.6. The summed E-state index contributed by atoms with van der Waals surface area (Å²) in [5.41, 5.74) is 1.08. The van der Waals surface area contributed by atoms with Crippen LogP contribution in [0.5, 0.6) is 11.5 Å². The number of nitrogens with zero attached hydrogens (tertiary/aromatic N) is 1. The lowest BCUT2D eigenvalue weighted by Crippen LogP contribution is -2.13. The molecule has 6 heteroatoms. The van der Waals surface area contributed by atoms with Gasteiger partial charge < -0.3 is 15.2 Å². The van der Waals surface area contributed by atoms with Gasteiger partial charge in [0.15, 0.2) is 0 Å². The van der Waals surface area contributed by atoms with Crippen LogP contribution >= 0.6 is 15.9 Å². The predicted octanol–water partition coefficient (Wildman–Crippen LogP) is 4.49. The number of phenols is 1. The van der Waals surface area contributed by atoms with Gasteiger partial charge in [-0.05, 0) is 55.0 Å². The van der Waals surface area contributed by atoms with Gasteiger partial charge in [-0.3, -0.25) is 4.79 Å². The molecule has 0 saturated heterocycles. The minimum atomic E-state index is -0.533. The Labute approximate surface area is 154 Å². The molecule has 0 atom stereocenters. The van der Waals surface area contributed by atoms with E-state index >= 15 is 0 Å². The number of amides is 1. The van der Waals surface area contributed by atoms with E-state index in [9.17, 15) is 15.2 Å². The number of anilines is 1. The SMILES string of the molecule is CCCOc1ccc(Br)cc1/C=C(\C#N)C(=O)Nc1ccc(O)cc1. The van der Waals surface area contributed by atoms with Gasteiger partial charge in [-0.15, -0.1) is 0 Å². The number of hydrogen-bond acceptors (Lipinski definition) is 4. The van der Waals surface area contributed by atoms with E-state index in [4.69, 9.17) is 4.74 Å². The maximum Gasteiger partial charge on any atom is 0.266 e. The average Bonchev–Trinajstić information content (AvgIpc) is 2.60. The molecule has 0 fully saturated rings. The first-order chi connectivity index (χ1) is 12.0. The Morgan fingerprint density at radius 2 is 2.04 bits per heavy atom. The number of carbonyl (C=O) groups excluding carboxylic acids is 1. The molecule has 0 bridgehead atoms. The van der Waals surface area contributed by atoms with Crippen LogP contribution in [0, 0.1) is 11.3 Å². The number of benzene rings is 2. The molecule has 5 nitrogen and oxygen atoms in total. The number of nitrogens with one attached hydrogen (secondary N) is 1. The van der Waals surface area contributed by atoms with Crippen molar-refractivity contribution in [2.24, 2.45) is 0 Å². The molecule has 2 aromatic rings. The van der Waals surface area contributed by atoms with Gasteiger partial charge in [0.1, 0.15) is 23.1 Å². The number of phenolic OH excluding ortho intramolecular Hbond substituents is 1. The summed E-state index contributed by atoms with van der Waals surface area (Å²) in [4.78, 5) is 12.3. The van der Waals surface area contributed by atoms with E-state index in [1.54, 1.807) is 24.3 Å². The Morgan fingerprint density at radius 3 is 2.68 bits per heavy atom. The van der Waals surface area contributed by atoms with Gasteiger partial charge in [0.25, 0.3) is 5.91 Å². The van der Waals surface area contributed by atoms with Gasteiger partial charge in [-0.1, -0.05) is 22.9 Å². The summed E-state index contributed by atoms with van der Waals surface area (Å²) < 4.78 is 6.48. The highest BCUT2D eigenvalue weighted by molar-refractivity contribution is 9.10. The van der Waals surface area contributed by atoms with Gasteiger partial charge in [0.2, 0.25) is 0 Å². The van der Waals surface area contributed by atoms with Crippen molar-refractivity contribution in [3.63, 3.8) is 0 Å². The molecule has 0 spiro atoms. The second kappa shape index (κ2) is 8.90. The number of carbonyl (C=O) groups is 1. The third kappa shape index (κ3) is 5.37. The first-order valence-electron chi connectivity index (χ1n) is 7.68. The minimum absolute atomic E-state index is 0.0486. The van der Waals surface area contributed by atoms with Gasteiger partial charge in [-0.25, -0.2) is 0 Å². The van der Waals surface area contributed by atoms with Gasteiger partial charge >= 0.3 is 0 Å². The van der Waals surface area contributed by atoms with Crippen molar-refractivity contribution in [2.45, 2.75) is 13.3 Å². The molecule has 0 unspecified atom stereocenters. The van der Waals surface area contributed by atoms with Crippen LogP contribution in [-0.4, -0.2) is 17.6 Å². The van der Waals surface area contributed by atoms with Crippen LogP contribution in [-0.2, 0) is 4.79 Å². The summed E-state index contributed by atoms with van der Waals surface area (Å²) in [5, 5.41) is 21.2. The summed E-state index contributed by atoms with van der Waals surface area (Å²) in [6.45, 7) is 2.55. The lowest BCUT2D eigenvalue weighted by molar-refractivity contribution is -0.112. The molecule has 2 N–H and O–H groups in total. The normalized spacial score (nSPS) is 10.8. The molecule has 0 aliphatic heterocycles. The summed E-state index contributed by atoms with van der Waals surface area (Å²) in [6, 6.07) is 13.3. The van der Waals surface area contributed by atoms with Crippen molar-refractivity contribution >= 4 is 33.6 Å². The molecule has 0 radical (unpaired) electrons. The first-order valence-corrected chi connectivity index (χ1v) is 8.47. The lowest BCUT2D eigenvalue weighted by Gasteiger charge is -2.09. The van der Waals surface area contributed by atoms with Gasteiger partial charge in [0, 0.05) is 15.7 Å². The summed E-state index contributed by atoms with van der Waals surface area (Å²) in [6.07, 6.45) is 2.34. The van der Waals surface area contributed by atoms with Crippen LogP contribution in [0.25, 0.3) is 6.08 Å². The molecular weight excluding hydrogens is 384 g/mol. The van der Waals surface area contributed by atoms with Crippen molar-refractivity contribution in [1.82, 2.24) is 0 Å². The molecule has 128 valence electrons. The Balaban J connectivity index is 2.27. The predicted molar refractivity (Wildman–Crippen MR) is 100 cm³/mol. The van der Waals surface area contributed by atoms with Crippen LogP contribution in [0.15, 0.2) is 52.5 Å².